The van der Waals surface area contributed by atoms with Crippen LogP contribution in [0.15, 0.2) is 59.4 Å². The van der Waals surface area contributed by atoms with E-state index in [0.29, 0.717) is 11.6 Å². The van der Waals surface area contributed by atoms with Crippen molar-refractivity contribution in [3.63, 3.8) is 0 Å². The molecule has 0 saturated carbocycles. The van der Waals surface area contributed by atoms with Crippen molar-refractivity contribution in [2.45, 2.75) is 45.5 Å². The lowest BCUT2D eigenvalue weighted by molar-refractivity contribution is -0.122. The fourth-order valence-electron chi connectivity index (χ4n) is 2.51. The molecule has 8 heteroatoms. The molecule has 1 heterocycles. The van der Waals surface area contributed by atoms with E-state index in [2.05, 4.69) is 30.7 Å². The molecule has 2 N–H and O–H groups in total. The van der Waals surface area contributed by atoms with Gasteiger partial charge in [-0.1, -0.05) is 39.0 Å². The van der Waals surface area contributed by atoms with Gasteiger partial charge in [-0.3, -0.25) is 4.79 Å². The summed E-state index contributed by atoms with van der Waals surface area (Å²) in [5, 5.41) is 18.2. The van der Waals surface area contributed by atoms with Gasteiger partial charge in [-0.15, -0.1) is 11.8 Å². The van der Waals surface area contributed by atoms with Crippen molar-refractivity contribution in [2.24, 2.45) is 4.99 Å². The van der Waals surface area contributed by atoms with E-state index in [1.807, 2.05) is 19.9 Å². The molecule has 0 aliphatic rings. The molecule has 1 atom stereocenters. The van der Waals surface area contributed by atoms with Gasteiger partial charge in [-0.05, 0) is 37.6 Å². The minimum absolute atomic E-state index is 0.0551. The molecule has 0 radical (unpaired) electrons. The summed E-state index contributed by atoms with van der Waals surface area (Å²) < 4.78 is 18.7. The van der Waals surface area contributed by atoms with Gasteiger partial charge < -0.3 is 14.9 Å². The average molecular weight is 449 g/mol. The lowest BCUT2D eigenvalue weighted by Crippen LogP contribution is -2.20. The summed E-state index contributed by atoms with van der Waals surface area (Å²) in [4.78, 5) is 17.1. The third-order valence-corrected chi connectivity index (χ3v) is 4.68. The molecule has 0 aliphatic heterocycles. The minimum atomic E-state index is -0.848. The van der Waals surface area contributed by atoms with Gasteiger partial charge in [0.25, 0.3) is 6.47 Å². The zero-order valence-electron chi connectivity index (χ0n) is 18.4. The normalized spacial score (nSPS) is 13.1. The molecule has 0 aliphatic carbocycles. The second-order valence-electron chi connectivity index (χ2n) is 7.38. The molecule has 168 valence electrons. The number of benzene rings is 1. The molecule has 2 aromatic rings. The van der Waals surface area contributed by atoms with Crippen molar-refractivity contribution in [1.82, 2.24) is 4.98 Å². The number of aliphatic hydroxyl groups excluding tert-OH is 1. The fraction of sp³-hybridized carbons (Fsp3) is 0.348. The summed E-state index contributed by atoms with van der Waals surface area (Å²) in [6, 6.07) is 9.80. The number of carbonyl (C=O) groups is 1. The number of aromatic nitrogens is 1. The van der Waals surface area contributed by atoms with Crippen LogP contribution >= 0.6 is 11.8 Å². The van der Waals surface area contributed by atoms with Crippen LogP contribution in [0.1, 0.15) is 34.6 Å². The van der Waals surface area contributed by atoms with Crippen LogP contribution in [-0.2, 0) is 4.79 Å². The number of halogens is 1. The van der Waals surface area contributed by atoms with E-state index in [4.69, 9.17) is 14.6 Å². The van der Waals surface area contributed by atoms with Crippen LogP contribution in [0.25, 0.3) is 11.1 Å². The third-order valence-electron chi connectivity index (χ3n) is 3.68. The zero-order chi connectivity index (χ0) is 23.4. The molecule has 0 saturated heterocycles. The maximum absolute atomic E-state index is 13.0. The predicted octanol–water partition coefficient (Wildman–Crippen LogP) is 5.18. The van der Waals surface area contributed by atoms with Crippen LogP contribution in [-0.4, -0.2) is 44.2 Å². The van der Waals surface area contributed by atoms with Crippen LogP contribution in [0.4, 0.5) is 4.39 Å². The standard InChI is InChI=1S/C22H27FN2O2S.CH2O2/c1-6-19(25-15(2)28-22(3,4)5)20(26)14-27-21-12-9-17(13-24-21)16-7-10-18(23)11-8-16;2-1-3/h6-13,20,26H,14H2,1-5H3;1H,(H,2,3)/b19-6-,25-15?;. The number of nitrogens with zero attached hydrogens (tertiary/aromatic N) is 2. The van der Waals surface area contributed by atoms with Gasteiger partial charge >= 0.3 is 0 Å². The molecule has 0 bridgehead atoms. The van der Waals surface area contributed by atoms with Crippen molar-refractivity contribution in [3.8, 4) is 17.0 Å². The number of rotatable bonds is 6. The van der Waals surface area contributed by atoms with Gasteiger partial charge in [0.1, 0.15) is 18.5 Å². The van der Waals surface area contributed by atoms with E-state index in [1.165, 1.54) is 12.1 Å². The van der Waals surface area contributed by atoms with Gasteiger partial charge in [0.2, 0.25) is 5.88 Å². The van der Waals surface area contributed by atoms with Gasteiger partial charge in [-0.25, -0.2) is 14.4 Å². The Balaban J connectivity index is 0.00000151. The van der Waals surface area contributed by atoms with Crippen molar-refractivity contribution in [1.29, 1.82) is 0 Å². The highest BCUT2D eigenvalue weighted by Crippen LogP contribution is 2.26. The van der Waals surface area contributed by atoms with Crippen molar-refractivity contribution in [3.05, 3.63) is 60.2 Å². The quantitative estimate of drug-likeness (QED) is 0.359. The first-order chi connectivity index (χ1) is 14.6. The Morgan fingerprint density at radius 1 is 1.23 bits per heavy atom. The van der Waals surface area contributed by atoms with Gasteiger partial charge in [0.15, 0.2) is 0 Å². The lowest BCUT2D eigenvalue weighted by atomic mass is 10.1. The van der Waals surface area contributed by atoms with E-state index >= 15 is 0 Å². The second kappa shape index (κ2) is 12.9. The van der Waals surface area contributed by atoms with Crippen LogP contribution in [0.5, 0.6) is 5.88 Å². The number of thioether (sulfide) groups is 1. The van der Waals surface area contributed by atoms with E-state index in [1.54, 1.807) is 42.2 Å². The summed E-state index contributed by atoms with van der Waals surface area (Å²) >= 11 is 1.65. The van der Waals surface area contributed by atoms with E-state index < -0.39 is 6.10 Å². The molecule has 1 aromatic carbocycles. The topological polar surface area (TPSA) is 92.0 Å². The Morgan fingerprint density at radius 3 is 2.29 bits per heavy atom. The summed E-state index contributed by atoms with van der Waals surface area (Å²) in [5.41, 5.74) is 2.30. The number of aliphatic hydroxyl groups is 1. The first-order valence-corrected chi connectivity index (χ1v) is 10.4. The molecule has 1 unspecified atom stereocenters. The van der Waals surface area contributed by atoms with Gasteiger partial charge in [-0.2, -0.15) is 0 Å². The molecular formula is C23H29FN2O4S. The van der Waals surface area contributed by atoms with E-state index in [-0.39, 0.29) is 23.6 Å². The second-order valence-corrected chi connectivity index (χ2v) is 9.40. The molecule has 1 aromatic heterocycles. The van der Waals surface area contributed by atoms with Crippen molar-refractivity contribution in [2.75, 3.05) is 6.61 Å². The highest BCUT2D eigenvalue weighted by Gasteiger charge is 2.15. The molecular weight excluding hydrogens is 419 g/mol. The molecule has 2 rings (SSSR count). The largest absolute Gasteiger partial charge is 0.483 e. The third kappa shape index (κ3) is 10.2. The van der Waals surface area contributed by atoms with Crippen LogP contribution < -0.4 is 4.74 Å². The Morgan fingerprint density at radius 2 is 1.81 bits per heavy atom. The number of hydrogen-bond donors (Lipinski definition) is 2. The van der Waals surface area contributed by atoms with Crippen LogP contribution in [0.3, 0.4) is 0 Å². The van der Waals surface area contributed by atoms with Gasteiger partial charge in [0.05, 0.1) is 10.7 Å². The summed E-state index contributed by atoms with van der Waals surface area (Å²) in [6.07, 6.45) is 2.60. The molecule has 6 nitrogen and oxygen atoms in total. The minimum Gasteiger partial charge on any atom is -0.483 e. The number of pyridine rings is 1. The molecule has 0 amide bonds. The van der Waals surface area contributed by atoms with Crippen molar-refractivity contribution < 1.29 is 24.1 Å². The molecule has 0 fully saturated rings. The molecule has 0 spiro atoms. The number of carboxylic acid groups (broad SMARTS) is 1. The first kappa shape index (κ1) is 26.3. The number of hydrogen-bond acceptors (Lipinski definition) is 6. The SMILES string of the molecule is C/C=C(\N=C(C)SC(C)(C)C)C(O)COc1ccc(-c2ccc(F)cc2)cn1.O=CO. The Labute approximate surface area is 186 Å². The Bertz CT molecular complexity index is 876. The van der Waals surface area contributed by atoms with E-state index in [9.17, 15) is 9.50 Å². The Hall–Kier alpha value is -2.71. The first-order valence-electron chi connectivity index (χ1n) is 9.60. The summed E-state index contributed by atoms with van der Waals surface area (Å²) in [6.45, 7) is 9.93. The maximum Gasteiger partial charge on any atom is 0.290 e. The monoisotopic (exact) mass is 448 g/mol. The lowest BCUT2D eigenvalue weighted by Gasteiger charge is -2.18. The van der Waals surface area contributed by atoms with Crippen LogP contribution in [0.2, 0.25) is 0 Å². The zero-order valence-corrected chi connectivity index (χ0v) is 19.2. The van der Waals surface area contributed by atoms with E-state index in [0.717, 1.165) is 16.2 Å². The number of ether oxygens (including phenoxy) is 1. The highest BCUT2D eigenvalue weighted by atomic mass is 32.2. The molecule has 31 heavy (non-hydrogen) atoms. The summed E-state index contributed by atoms with van der Waals surface area (Å²) in [5.74, 6) is 0.134. The maximum atomic E-state index is 13.0. The van der Waals surface area contributed by atoms with Crippen molar-refractivity contribution >= 4 is 23.3 Å². The number of aliphatic imine (C=N–C) groups is 1. The highest BCUT2D eigenvalue weighted by molar-refractivity contribution is 8.15. The smallest absolute Gasteiger partial charge is 0.290 e. The number of allylic oxidation sites excluding steroid dienone is 1. The summed E-state index contributed by atoms with van der Waals surface area (Å²) in [7, 11) is 0. The predicted molar refractivity (Wildman–Crippen MR) is 124 cm³/mol. The average Bonchev–Trinajstić information content (AvgIpc) is 2.70. The van der Waals surface area contributed by atoms with Crippen LogP contribution in [0, 0.1) is 5.82 Å². The Kier molecular flexibility index (Phi) is 10.9. The van der Waals surface area contributed by atoms with Gasteiger partial charge in [0, 0.05) is 22.6 Å². The fourth-order valence-corrected chi connectivity index (χ4v) is 3.54.